The van der Waals surface area contributed by atoms with Crippen LogP contribution in [0.1, 0.15) is 17.3 Å². The summed E-state index contributed by atoms with van der Waals surface area (Å²) in [6.07, 6.45) is 0. The minimum Gasteiger partial charge on any atom is -0.481 e. The zero-order valence-corrected chi connectivity index (χ0v) is 9.63. The Morgan fingerprint density at radius 3 is 2.93 bits per heavy atom. The van der Waals surface area contributed by atoms with Crippen molar-refractivity contribution in [2.24, 2.45) is 0 Å². The number of carbonyl (C=O) groups is 1. The second-order valence-corrected chi connectivity index (χ2v) is 3.56. The molecule has 0 aliphatic carbocycles. The lowest BCUT2D eigenvalue weighted by Crippen LogP contribution is -2.08. The maximum Gasteiger partial charge on any atom is 0.342 e. The fraction of sp³-hybridized carbons (Fsp3) is 0.500. The molecule has 0 aliphatic heterocycles. The first kappa shape index (κ1) is 12.0. The molecule has 15 heavy (non-hydrogen) atoms. The Hall–Kier alpha value is -1.07. The summed E-state index contributed by atoms with van der Waals surface area (Å²) in [5.74, 6) is -0.342. The van der Waals surface area contributed by atoms with Gasteiger partial charge in [-0.15, -0.1) is 11.3 Å². The number of ether oxygens (including phenoxy) is 3. The Balaban J connectivity index is 2.56. The van der Waals surface area contributed by atoms with Crippen LogP contribution in [0.5, 0.6) is 5.06 Å². The van der Waals surface area contributed by atoms with Crippen LogP contribution in [0.2, 0.25) is 0 Å². The monoisotopic (exact) mass is 230 g/mol. The highest BCUT2D eigenvalue weighted by Gasteiger charge is 2.14. The first-order valence-electron chi connectivity index (χ1n) is 4.66. The predicted octanol–water partition coefficient (Wildman–Crippen LogP) is 1.95. The van der Waals surface area contributed by atoms with Gasteiger partial charge < -0.3 is 14.2 Å². The molecule has 1 heterocycles. The molecule has 0 unspecified atom stereocenters. The molecule has 0 spiro atoms. The predicted molar refractivity (Wildman–Crippen MR) is 57.6 cm³/mol. The smallest absolute Gasteiger partial charge is 0.342 e. The van der Waals surface area contributed by atoms with Gasteiger partial charge in [-0.3, -0.25) is 0 Å². The molecule has 0 saturated carbocycles. The van der Waals surface area contributed by atoms with Gasteiger partial charge in [-0.1, -0.05) is 0 Å². The Bertz CT molecular complexity index is 308. The minimum atomic E-state index is -0.342. The van der Waals surface area contributed by atoms with Gasteiger partial charge in [0, 0.05) is 7.11 Å². The van der Waals surface area contributed by atoms with Gasteiger partial charge in [0.2, 0.25) is 0 Å². The lowest BCUT2D eigenvalue weighted by molar-refractivity contribution is 0.0521. The van der Waals surface area contributed by atoms with Crippen LogP contribution in [0.25, 0.3) is 0 Å². The van der Waals surface area contributed by atoms with E-state index in [2.05, 4.69) is 0 Å². The van der Waals surface area contributed by atoms with Crippen LogP contribution >= 0.6 is 11.3 Å². The third-order valence-corrected chi connectivity index (χ3v) is 2.47. The summed E-state index contributed by atoms with van der Waals surface area (Å²) in [7, 11) is 1.60. The molecular formula is C10H14O4S. The number of carbonyl (C=O) groups excluding carboxylic acids is 1. The van der Waals surface area contributed by atoms with E-state index in [1.54, 1.807) is 25.5 Å². The van der Waals surface area contributed by atoms with Crippen molar-refractivity contribution in [2.75, 3.05) is 26.9 Å². The average Bonchev–Trinajstić information content (AvgIpc) is 2.67. The summed E-state index contributed by atoms with van der Waals surface area (Å²) in [6.45, 7) is 3.07. The normalized spacial score (nSPS) is 10.0. The van der Waals surface area contributed by atoms with Crippen molar-refractivity contribution in [2.45, 2.75) is 6.92 Å². The van der Waals surface area contributed by atoms with Crippen molar-refractivity contribution >= 4 is 17.3 Å². The number of esters is 1. The number of hydrogen-bond donors (Lipinski definition) is 0. The van der Waals surface area contributed by atoms with E-state index in [1.807, 2.05) is 0 Å². The molecule has 84 valence electrons. The first-order valence-corrected chi connectivity index (χ1v) is 5.54. The summed E-state index contributed by atoms with van der Waals surface area (Å²) < 4.78 is 15.1. The summed E-state index contributed by atoms with van der Waals surface area (Å²) in [4.78, 5) is 11.4. The Morgan fingerprint density at radius 1 is 1.47 bits per heavy atom. The quantitative estimate of drug-likeness (QED) is 0.553. The number of methoxy groups -OCH3 is 1. The van der Waals surface area contributed by atoms with Gasteiger partial charge in [-0.25, -0.2) is 4.79 Å². The fourth-order valence-corrected chi connectivity index (χ4v) is 1.74. The molecule has 1 aromatic heterocycles. The molecule has 0 radical (unpaired) electrons. The van der Waals surface area contributed by atoms with E-state index in [-0.39, 0.29) is 5.97 Å². The molecule has 0 bridgehead atoms. The van der Waals surface area contributed by atoms with Crippen molar-refractivity contribution in [3.63, 3.8) is 0 Å². The largest absolute Gasteiger partial charge is 0.481 e. The van der Waals surface area contributed by atoms with Crippen LogP contribution in [0.15, 0.2) is 11.4 Å². The zero-order valence-electron chi connectivity index (χ0n) is 8.82. The second kappa shape index (κ2) is 6.42. The van der Waals surface area contributed by atoms with E-state index >= 15 is 0 Å². The summed E-state index contributed by atoms with van der Waals surface area (Å²) >= 11 is 1.38. The molecule has 1 aromatic rings. The Labute approximate surface area is 92.8 Å². The van der Waals surface area contributed by atoms with Crippen LogP contribution in [0.3, 0.4) is 0 Å². The van der Waals surface area contributed by atoms with Crippen LogP contribution in [0.4, 0.5) is 0 Å². The van der Waals surface area contributed by atoms with E-state index < -0.39 is 0 Å². The van der Waals surface area contributed by atoms with Gasteiger partial charge >= 0.3 is 5.97 Å². The zero-order chi connectivity index (χ0) is 11.1. The van der Waals surface area contributed by atoms with E-state index in [0.29, 0.717) is 30.4 Å². The van der Waals surface area contributed by atoms with Gasteiger partial charge in [0.15, 0.2) is 5.06 Å². The third-order valence-electron chi connectivity index (χ3n) is 1.65. The van der Waals surface area contributed by atoms with Gasteiger partial charge in [-0.2, -0.15) is 0 Å². The number of hydrogen-bond acceptors (Lipinski definition) is 5. The van der Waals surface area contributed by atoms with Crippen molar-refractivity contribution in [1.29, 1.82) is 0 Å². The maximum atomic E-state index is 11.4. The van der Waals surface area contributed by atoms with Crippen molar-refractivity contribution in [3.05, 3.63) is 17.0 Å². The molecule has 1 rings (SSSR count). The lowest BCUT2D eigenvalue weighted by Gasteiger charge is -2.05. The van der Waals surface area contributed by atoms with Gasteiger partial charge in [0.05, 0.1) is 13.2 Å². The number of thiophene rings is 1. The minimum absolute atomic E-state index is 0.342. The van der Waals surface area contributed by atoms with Crippen molar-refractivity contribution in [3.8, 4) is 5.06 Å². The van der Waals surface area contributed by atoms with Crippen LogP contribution in [-0.2, 0) is 9.47 Å². The topological polar surface area (TPSA) is 44.8 Å². The molecule has 4 nitrogen and oxygen atoms in total. The van der Waals surface area contributed by atoms with Crippen molar-refractivity contribution in [1.82, 2.24) is 0 Å². The molecule has 0 fully saturated rings. The van der Waals surface area contributed by atoms with Crippen LogP contribution in [-0.4, -0.2) is 32.9 Å². The highest BCUT2D eigenvalue weighted by molar-refractivity contribution is 7.12. The van der Waals surface area contributed by atoms with Gasteiger partial charge in [0.1, 0.15) is 12.2 Å². The molecule has 0 saturated heterocycles. The fourth-order valence-electron chi connectivity index (χ4n) is 0.985. The summed E-state index contributed by atoms with van der Waals surface area (Å²) in [6, 6.07) is 1.70. The van der Waals surface area contributed by atoms with E-state index in [0.717, 1.165) is 0 Å². The van der Waals surface area contributed by atoms with Crippen molar-refractivity contribution < 1.29 is 19.0 Å². The molecule has 0 amide bonds. The van der Waals surface area contributed by atoms with E-state index in [1.165, 1.54) is 11.3 Å². The summed E-state index contributed by atoms with van der Waals surface area (Å²) in [5.41, 5.74) is 0.484. The second-order valence-electron chi connectivity index (χ2n) is 2.68. The standard InChI is InChI=1S/C10H14O4S/c1-3-13-9(11)8-4-7-15-10(8)14-6-5-12-2/h4,7H,3,5-6H2,1-2H3. The number of rotatable bonds is 6. The molecular weight excluding hydrogens is 216 g/mol. The molecule has 0 N–H and O–H groups in total. The lowest BCUT2D eigenvalue weighted by atomic mass is 10.3. The van der Waals surface area contributed by atoms with E-state index in [4.69, 9.17) is 14.2 Å². The molecule has 5 heteroatoms. The average molecular weight is 230 g/mol. The SMILES string of the molecule is CCOC(=O)c1ccsc1OCCOC. The molecule has 0 aliphatic rings. The maximum absolute atomic E-state index is 11.4. The van der Waals surface area contributed by atoms with Crippen LogP contribution in [0, 0.1) is 0 Å². The third kappa shape index (κ3) is 3.53. The highest BCUT2D eigenvalue weighted by Crippen LogP contribution is 2.26. The van der Waals surface area contributed by atoms with E-state index in [9.17, 15) is 4.79 Å². The summed E-state index contributed by atoms with van der Waals surface area (Å²) in [5, 5.41) is 2.39. The first-order chi connectivity index (χ1) is 7.29. The molecule has 0 aromatic carbocycles. The van der Waals surface area contributed by atoms with Gasteiger partial charge in [0.25, 0.3) is 0 Å². The van der Waals surface area contributed by atoms with Crippen LogP contribution < -0.4 is 4.74 Å². The molecule has 0 atom stereocenters. The Morgan fingerprint density at radius 2 is 2.27 bits per heavy atom. The van der Waals surface area contributed by atoms with Gasteiger partial charge in [-0.05, 0) is 18.4 Å². The Kier molecular flexibility index (Phi) is 5.14. The highest BCUT2D eigenvalue weighted by atomic mass is 32.1.